The van der Waals surface area contributed by atoms with E-state index in [0.29, 0.717) is 5.92 Å². The third kappa shape index (κ3) is 2.25. The molecular weight excluding hydrogens is 250 g/mol. The van der Waals surface area contributed by atoms with Gasteiger partial charge in [0.1, 0.15) is 5.01 Å². The number of aromatic nitrogens is 4. The van der Waals surface area contributed by atoms with Crippen LogP contribution in [0.3, 0.4) is 0 Å². The Morgan fingerprint density at radius 3 is 3.22 bits per heavy atom. The topological polar surface area (TPSA) is 64.3 Å². The van der Waals surface area contributed by atoms with Crippen molar-refractivity contribution in [2.45, 2.75) is 32.2 Å². The highest BCUT2D eigenvalue weighted by Gasteiger charge is 2.24. The normalized spacial score (nSPS) is 19.9. The highest BCUT2D eigenvalue weighted by atomic mass is 32.1. The first-order chi connectivity index (χ1) is 8.88. The second kappa shape index (κ2) is 5.29. The van der Waals surface area contributed by atoms with Gasteiger partial charge in [-0.15, -0.1) is 10.2 Å². The average Bonchev–Trinajstić information content (AvgIpc) is 3.03. The minimum atomic E-state index is 0.346. The van der Waals surface area contributed by atoms with Crippen LogP contribution in [0.4, 0.5) is 0 Å². The Kier molecular flexibility index (Phi) is 3.53. The van der Waals surface area contributed by atoms with Crippen LogP contribution >= 0.6 is 11.3 Å². The van der Waals surface area contributed by atoms with Crippen LogP contribution in [0.1, 0.15) is 36.5 Å². The molecule has 0 bridgehead atoms. The van der Waals surface area contributed by atoms with Crippen molar-refractivity contribution in [2.75, 3.05) is 19.8 Å². The lowest BCUT2D eigenvalue weighted by Crippen LogP contribution is -2.14. The summed E-state index contributed by atoms with van der Waals surface area (Å²) >= 11 is 1.60. The summed E-state index contributed by atoms with van der Waals surface area (Å²) in [5.74, 6) is 1.29. The van der Waals surface area contributed by atoms with Crippen molar-refractivity contribution in [3.63, 3.8) is 0 Å². The molecule has 6 nitrogen and oxygen atoms in total. The summed E-state index contributed by atoms with van der Waals surface area (Å²) in [7, 11) is 0. The van der Waals surface area contributed by atoms with Crippen molar-refractivity contribution in [3.05, 3.63) is 10.8 Å². The van der Waals surface area contributed by atoms with Crippen molar-refractivity contribution in [1.29, 1.82) is 0 Å². The Hall–Kier alpha value is -1.05. The van der Waals surface area contributed by atoms with Crippen LogP contribution in [0.2, 0.25) is 0 Å². The molecule has 1 atom stereocenters. The number of nitrogens with one attached hydrogen (secondary N) is 1. The third-order valence-electron chi connectivity index (χ3n) is 3.05. The van der Waals surface area contributed by atoms with Crippen molar-refractivity contribution in [2.24, 2.45) is 0 Å². The van der Waals surface area contributed by atoms with Gasteiger partial charge in [-0.2, -0.15) is 9.61 Å². The molecule has 7 heteroatoms. The largest absolute Gasteiger partial charge is 0.381 e. The lowest BCUT2D eigenvalue weighted by Gasteiger charge is -2.02. The second-order valence-corrected chi connectivity index (χ2v) is 5.53. The number of fused-ring (bicyclic) bond motifs is 1. The van der Waals surface area contributed by atoms with E-state index in [4.69, 9.17) is 4.74 Å². The predicted octanol–water partition coefficient (Wildman–Crippen LogP) is 1.19. The molecule has 0 spiro atoms. The van der Waals surface area contributed by atoms with Gasteiger partial charge in [0.25, 0.3) is 0 Å². The number of nitrogens with zero attached hydrogens (tertiary/aromatic N) is 4. The summed E-state index contributed by atoms with van der Waals surface area (Å²) in [6.45, 7) is 5.53. The van der Waals surface area contributed by atoms with Crippen molar-refractivity contribution >= 4 is 16.3 Å². The lowest BCUT2D eigenvalue weighted by molar-refractivity contribution is 0.193. The van der Waals surface area contributed by atoms with Crippen LogP contribution < -0.4 is 5.32 Å². The van der Waals surface area contributed by atoms with Crippen LogP contribution in [0.5, 0.6) is 0 Å². The molecule has 2 aromatic rings. The Balaban J connectivity index is 1.79. The highest BCUT2D eigenvalue weighted by molar-refractivity contribution is 7.16. The zero-order chi connectivity index (χ0) is 12.4. The van der Waals surface area contributed by atoms with Gasteiger partial charge >= 0.3 is 0 Å². The van der Waals surface area contributed by atoms with E-state index in [1.54, 1.807) is 11.3 Å². The zero-order valence-electron chi connectivity index (χ0n) is 10.4. The molecule has 3 heterocycles. The van der Waals surface area contributed by atoms with Gasteiger partial charge in [-0.3, -0.25) is 0 Å². The van der Waals surface area contributed by atoms with Gasteiger partial charge in [0.2, 0.25) is 4.96 Å². The summed E-state index contributed by atoms with van der Waals surface area (Å²) in [5, 5.41) is 17.4. The number of hydrogen-bond donors (Lipinski definition) is 1. The molecule has 0 amide bonds. The molecule has 1 aliphatic rings. The maximum atomic E-state index is 5.40. The SMILES string of the molecule is CCCNCc1nn2c(C3CCOC3)nnc2s1. The van der Waals surface area contributed by atoms with Crippen LogP contribution in [-0.4, -0.2) is 39.6 Å². The fourth-order valence-electron chi connectivity index (χ4n) is 2.11. The number of ether oxygens (including phenoxy) is 1. The Morgan fingerprint density at radius 1 is 1.50 bits per heavy atom. The Labute approximate surface area is 109 Å². The molecule has 0 saturated carbocycles. The van der Waals surface area contributed by atoms with E-state index in [9.17, 15) is 0 Å². The summed E-state index contributed by atoms with van der Waals surface area (Å²) in [6, 6.07) is 0. The predicted molar refractivity (Wildman–Crippen MR) is 68.8 cm³/mol. The molecule has 3 rings (SSSR count). The van der Waals surface area contributed by atoms with Gasteiger partial charge in [-0.1, -0.05) is 18.3 Å². The monoisotopic (exact) mass is 267 g/mol. The van der Waals surface area contributed by atoms with E-state index in [1.807, 2.05) is 4.52 Å². The highest BCUT2D eigenvalue weighted by Crippen LogP contribution is 2.25. The molecule has 2 aromatic heterocycles. The van der Waals surface area contributed by atoms with Crippen LogP contribution in [0.25, 0.3) is 4.96 Å². The molecule has 1 fully saturated rings. The van der Waals surface area contributed by atoms with Crippen LogP contribution in [0.15, 0.2) is 0 Å². The van der Waals surface area contributed by atoms with Gasteiger partial charge < -0.3 is 10.1 Å². The van der Waals surface area contributed by atoms with Crippen molar-refractivity contribution < 1.29 is 4.74 Å². The Bertz CT molecular complexity index is 516. The maximum absolute atomic E-state index is 5.40. The fourth-order valence-corrected chi connectivity index (χ4v) is 2.92. The molecular formula is C11H17N5OS. The number of hydrogen-bond acceptors (Lipinski definition) is 6. The lowest BCUT2D eigenvalue weighted by atomic mass is 10.1. The van der Waals surface area contributed by atoms with E-state index >= 15 is 0 Å². The summed E-state index contributed by atoms with van der Waals surface area (Å²) < 4.78 is 7.28. The van der Waals surface area contributed by atoms with E-state index < -0.39 is 0 Å². The van der Waals surface area contributed by atoms with E-state index in [1.165, 1.54) is 0 Å². The molecule has 1 N–H and O–H groups in total. The molecule has 98 valence electrons. The third-order valence-corrected chi connectivity index (χ3v) is 3.95. The fraction of sp³-hybridized carbons (Fsp3) is 0.727. The van der Waals surface area contributed by atoms with Crippen LogP contribution in [-0.2, 0) is 11.3 Å². The first kappa shape index (κ1) is 12.0. The zero-order valence-corrected chi connectivity index (χ0v) is 11.2. The molecule has 18 heavy (non-hydrogen) atoms. The molecule has 1 saturated heterocycles. The van der Waals surface area contributed by atoms with E-state index in [0.717, 1.165) is 54.9 Å². The molecule has 0 aromatic carbocycles. The summed E-state index contributed by atoms with van der Waals surface area (Å²) in [6.07, 6.45) is 2.15. The van der Waals surface area contributed by atoms with Gasteiger partial charge in [0, 0.05) is 19.1 Å². The quantitative estimate of drug-likeness (QED) is 0.824. The van der Waals surface area contributed by atoms with Crippen molar-refractivity contribution in [1.82, 2.24) is 25.1 Å². The summed E-state index contributed by atoms with van der Waals surface area (Å²) in [5.41, 5.74) is 0. The minimum Gasteiger partial charge on any atom is -0.381 e. The van der Waals surface area contributed by atoms with Gasteiger partial charge in [-0.05, 0) is 19.4 Å². The Morgan fingerprint density at radius 2 is 2.44 bits per heavy atom. The van der Waals surface area contributed by atoms with Gasteiger partial charge in [0.15, 0.2) is 5.82 Å². The van der Waals surface area contributed by atoms with E-state index in [-0.39, 0.29) is 0 Å². The minimum absolute atomic E-state index is 0.346. The average molecular weight is 267 g/mol. The molecule has 1 aliphatic heterocycles. The smallest absolute Gasteiger partial charge is 0.234 e. The number of rotatable bonds is 5. The second-order valence-electron chi connectivity index (χ2n) is 4.49. The van der Waals surface area contributed by atoms with Crippen molar-refractivity contribution in [3.8, 4) is 0 Å². The van der Waals surface area contributed by atoms with Crippen LogP contribution in [0, 0.1) is 0 Å². The van der Waals surface area contributed by atoms with Gasteiger partial charge in [-0.25, -0.2) is 0 Å². The summed E-state index contributed by atoms with van der Waals surface area (Å²) in [4.78, 5) is 0.880. The van der Waals surface area contributed by atoms with E-state index in [2.05, 4.69) is 27.5 Å². The maximum Gasteiger partial charge on any atom is 0.234 e. The molecule has 0 radical (unpaired) electrons. The first-order valence-corrected chi connectivity index (χ1v) is 7.19. The van der Waals surface area contributed by atoms with Gasteiger partial charge in [0.05, 0.1) is 6.61 Å². The standard InChI is InChI=1S/C11H17N5OS/c1-2-4-12-6-9-15-16-10(8-3-5-17-7-8)13-14-11(16)18-9/h8,12H,2-7H2,1H3. The first-order valence-electron chi connectivity index (χ1n) is 6.38. The molecule has 0 aliphatic carbocycles. The molecule has 1 unspecified atom stereocenters.